The molecular weight excluding hydrogens is 244 g/mol. The predicted molar refractivity (Wildman–Crippen MR) is 74.3 cm³/mol. The second kappa shape index (κ2) is 12.1. The summed E-state index contributed by atoms with van der Waals surface area (Å²) in [6.45, 7) is 7.03. The van der Waals surface area contributed by atoms with Crippen LogP contribution >= 0.6 is 0 Å². The second-order valence-corrected chi connectivity index (χ2v) is 3.88. The fourth-order valence-electron chi connectivity index (χ4n) is 0.522. The molecule has 0 radical (unpaired) electrons. The Labute approximate surface area is 116 Å². The molecule has 0 atom stereocenters. The van der Waals surface area contributed by atoms with Crippen LogP contribution in [0.3, 0.4) is 0 Å². The van der Waals surface area contributed by atoms with Gasteiger partial charge in [0.25, 0.3) is 0 Å². The molecule has 0 unspecified atom stereocenters. The Bertz CT molecular complexity index is 450. The average Bonchev–Trinajstić information content (AvgIpc) is 2.37. The Morgan fingerprint density at radius 2 is 1.53 bits per heavy atom. The van der Waals surface area contributed by atoms with Gasteiger partial charge >= 0.3 is 11.9 Å². The molecule has 0 fully saturated rings. The van der Waals surface area contributed by atoms with Gasteiger partial charge in [0.15, 0.2) is 0 Å². The Hall–Kier alpha value is -2.38. The van der Waals surface area contributed by atoms with E-state index in [1.807, 2.05) is 0 Å². The van der Waals surface area contributed by atoms with Crippen molar-refractivity contribution in [2.45, 2.75) is 27.7 Å². The minimum Gasteiger partial charge on any atom is -0.469 e. The third kappa shape index (κ3) is 13.6. The summed E-state index contributed by atoms with van der Waals surface area (Å²) in [5.74, 6) is 8.22. The van der Waals surface area contributed by atoms with E-state index in [0.29, 0.717) is 0 Å². The first-order chi connectivity index (χ1) is 8.86. The quantitative estimate of drug-likeness (QED) is 0.564. The van der Waals surface area contributed by atoms with Crippen molar-refractivity contribution in [3.63, 3.8) is 0 Å². The third-order valence-corrected chi connectivity index (χ3v) is 1.54. The smallest absolute Gasteiger partial charge is 0.322 e. The summed E-state index contributed by atoms with van der Waals surface area (Å²) >= 11 is 0. The van der Waals surface area contributed by atoms with Gasteiger partial charge in [-0.3, -0.25) is 9.59 Å². The number of esters is 2. The molecule has 0 saturated carbocycles. The standard InChI is InChI=1S/C10H8O2.C5H10O2.H2/c1-4-5-6-7-8-12-10(11)9(2)3;1-4(2)5(6)7-3;/h1,9H,2-3H3;4H,1-3H3;1H. The largest absolute Gasteiger partial charge is 0.469 e. The van der Waals surface area contributed by atoms with Gasteiger partial charge in [-0.2, -0.15) is 0 Å². The minimum atomic E-state index is -0.370. The van der Waals surface area contributed by atoms with Crippen molar-refractivity contribution in [3.05, 3.63) is 0 Å². The molecule has 0 saturated heterocycles. The van der Waals surface area contributed by atoms with Gasteiger partial charge in [0.05, 0.1) is 18.9 Å². The molecule has 0 aliphatic rings. The summed E-state index contributed by atoms with van der Waals surface area (Å²) in [5.41, 5.74) is 0. The topological polar surface area (TPSA) is 52.6 Å². The molecule has 0 aromatic rings. The molecule has 0 aromatic carbocycles. The van der Waals surface area contributed by atoms with Crippen LogP contribution in [-0.4, -0.2) is 19.0 Å². The highest BCUT2D eigenvalue weighted by Crippen LogP contribution is 1.93. The van der Waals surface area contributed by atoms with Gasteiger partial charge in [-0.1, -0.05) is 27.7 Å². The summed E-state index contributed by atoms with van der Waals surface area (Å²) < 4.78 is 8.85. The van der Waals surface area contributed by atoms with Crippen LogP contribution in [0.4, 0.5) is 0 Å². The minimum absolute atomic E-state index is 0. The van der Waals surface area contributed by atoms with Gasteiger partial charge in [0.2, 0.25) is 0 Å². The van der Waals surface area contributed by atoms with Crippen molar-refractivity contribution in [1.82, 2.24) is 0 Å². The number of hydrogen-bond acceptors (Lipinski definition) is 4. The summed E-state index contributed by atoms with van der Waals surface area (Å²) in [6, 6.07) is 0. The van der Waals surface area contributed by atoms with Crippen molar-refractivity contribution >= 4 is 11.9 Å². The van der Waals surface area contributed by atoms with E-state index in [1.54, 1.807) is 27.7 Å². The van der Waals surface area contributed by atoms with Crippen molar-refractivity contribution in [2.24, 2.45) is 11.8 Å². The lowest BCUT2D eigenvalue weighted by Gasteiger charge is -1.97. The van der Waals surface area contributed by atoms with Gasteiger partial charge < -0.3 is 9.47 Å². The number of carbonyl (C=O) groups excluding carboxylic acids is 2. The van der Waals surface area contributed by atoms with Gasteiger partial charge in [0, 0.05) is 13.3 Å². The number of terminal acetylenes is 1. The first-order valence-electron chi connectivity index (χ1n) is 5.60. The zero-order valence-corrected chi connectivity index (χ0v) is 11.9. The number of hydrogen-bond donors (Lipinski definition) is 0. The normalized spacial score (nSPS) is 7.68. The van der Waals surface area contributed by atoms with Gasteiger partial charge in [-0.05, 0) is 11.8 Å². The third-order valence-electron chi connectivity index (χ3n) is 1.54. The predicted octanol–water partition coefficient (Wildman–Crippen LogP) is 1.84. The molecule has 0 aliphatic carbocycles. The zero-order valence-electron chi connectivity index (χ0n) is 11.9. The van der Waals surface area contributed by atoms with Crippen LogP contribution in [0, 0.1) is 48.0 Å². The van der Waals surface area contributed by atoms with Crippen molar-refractivity contribution in [1.29, 1.82) is 0 Å². The van der Waals surface area contributed by atoms with E-state index in [-0.39, 0.29) is 25.2 Å². The lowest BCUT2D eigenvalue weighted by molar-refractivity contribution is -0.144. The van der Waals surface area contributed by atoms with Crippen LogP contribution < -0.4 is 0 Å². The highest BCUT2D eigenvalue weighted by molar-refractivity contribution is 5.72. The number of methoxy groups -OCH3 is 1. The first kappa shape index (κ1) is 19.0. The van der Waals surface area contributed by atoms with Crippen LogP contribution in [0.5, 0.6) is 0 Å². The van der Waals surface area contributed by atoms with E-state index >= 15 is 0 Å². The second-order valence-electron chi connectivity index (χ2n) is 3.88. The van der Waals surface area contributed by atoms with Crippen LogP contribution in [-0.2, 0) is 19.1 Å². The maximum Gasteiger partial charge on any atom is 0.322 e. The summed E-state index contributed by atoms with van der Waals surface area (Å²) in [4.78, 5) is 21.1. The SMILES string of the molecule is C#CC#CC#COC(=O)C(C)C.COC(=O)C(C)C.[HH]. The molecule has 0 spiro atoms. The summed E-state index contributed by atoms with van der Waals surface area (Å²) in [5, 5.41) is 0. The van der Waals surface area contributed by atoms with Gasteiger partial charge in [-0.15, -0.1) is 6.42 Å². The highest BCUT2D eigenvalue weighted by atomic mass is 16.5. The fraction of sp³-hybridized carbons (Fsp3) is 0.467. The Kier molecular flexibility index (Phi) is 12.1. The van der Waals surface area contributed by atoms with Crippen molar-refractivity contribution < 1.29 is 20.5 Å². The molecule has 104 valence electrons. The van der Waals surface area contributed by atoms with Crippen LogP contribution in [0.25, 0.3) is 0 Å². The number of ether oxygens (including phenoxy) is 2. The monoisotopic (exact) mass is 264 g/mol. The maximum absolute atomic E-state index is 10.8. The molecular formula is C15H20O4. The van der Waals surface area contributed by atoms with E-state index in [4.69, 9.17) is 6.42 Å². The number of carbonyl (C=O) groups is 2. The highest BCUT2D eigenvalue weighted by Gasteiger charge is 2.05. The fourth-order valence-corrected chi connectivity index (χ4v) is 0.522. The molecule has 0 N–H and O–H groups in total. The van der Waals surface area contributed by atoms with E-state index in [0.717, 1.165) is 0 Å². The number of rotatable bonds is 2. The molecule has 19 heavy (non-hydrogen) atoms. The molecule has 0 heterocycles. The molecule has 0 aromatic heterocycles. The van der Waals surface area contributed by atoms with E-state index < -0.39 is 0 Å². The van der Waals surface area contributed by atoms with Crippen LogP contribution in [0.1, 0.15) is 29.1 Å². The molecule has 0 amide bonds. The van der Waals surface area contributed by atoms with Gasteiger partial charge in [-0.25, -0.2) is 0 Å². The molecule has 4 nitrogen and oxygen atoms in total. The maximum atomic E-state index is 10.8. The molecule has 0 rings (SSSR count). The Morgan fingerprint density at radius 1 is 1.00 bits per heavy atom. The first-order valence-corrected chi connectivity index (χ1v) is 5.60. The van der Waals surface area contributed by atoms with Crippen LogP contribution in [0.15, 0.2) is 0 Å². The van der Waals surface area contributed by atoms with Crippen LogP contribution in [0.2, 0.25) is 0 Å². The Morgan fingerprint density at radius 3 is 1.84 bits per heavy atom. The zero-order chi connectivity index (χ0) is 15.3. The van der Waals surface area contributed by atoms with E-state index in [2.05, 4.69) is 39.3 Å². The summed E-state index contributed by atoms with van der Waals surface area (Å²) in [7, 11) is 1.39. The summed E-state index contributed by atoms with van der Waals surface area (Å²) in [6.07, 6.45) is 6.95. The molecule has 4 heteroatoms. The molecule has 0 bridgehead atoms. The van der Waals surface area contributed by atoms with E-state index in [9.17, 15) is 9.59 Å². The van der Waals surface area contributed by atoms with E-state index in [1.165, 1.54) is 7.11 Å². The lowest BCUT2D eigenvalue weighted by Crippen LogP contribution is -2.07. The van der Waals surface area contributed by atoms with Crippen molar-refractivity contribution in [2.75, 3.05) is 7.11 Å². The lowest BCUT2D eigenvalue weighted by atomic mass is 10.2. The van der Waals surface area contributed by atoms with Gasteiger partial charge in [0.1, 0.15) is 6.11 Å². The Balaban J connectivity index is -0.000000312. The molecule has 0 aliphatic heterocycles. The average molecular weight is 264 g/mol. The van der Waals surface area contributed by atoms with Crippen molar-refractivity contribution in [3.8, 4) is 36.2 Å².